The maximum atomic E-state index is 12.4. The second-order valence-corrected chi connectivity index (χ2v) is 5.76. The number of nitrogens with two attached hydrogens (primary N) is 2. The highest BCUT2D eigenvalue weighted by molar-refractivity contribution is 7.13. The molecular formula is C15H18N4O3S. The summed E-state index contributed by atoms with van der Waals surface area (Å²) < 4.78 is 0. The van der Waals surface area contributed by atoms with Crippen LogP contribution >= 0.6 is 11.3 Å². The van der Waals surface area contributed by atoms with E-state index in [0.717, 1.165) is 0 Å². The number of hydrogen-bond acceptors (Lipinski definition) is 7. The molecule has 1 heterocycles. The van der Waals surface area contributed by atoms with Gasteiger partial charge < -0.3 is 21.7 Å². The van der Waals surface area contributed by atoms with Gasteiger partial charge in [-0.2, -0.15) is 0 Å². The molecule has 7 nitrogen and oxygen atoms in total. The average Bonchev–Trinajstić information content (AvgIpc) is 3.01. The molecule has 0 radical (unpaired) electrons. The van der Waals surface area contributed by atoms with Crippen molar-refractivity contribution >= 4 is 33.8 Å². The third kappa shape index (κ3) is 3.72. The predicted molar refractivity (Wildman–Crippen MR) is 90.9 cm³/mol. The van der Waals surface area contributed by atoms with Crippen LogP contribution < -0.4 is 16.8 Å². The van der Waals surface area contributed by atoms with Crippen molar-refractivity contribution in [1.29, 1.82) is 0 Å². The fourth-order valence-corrected chi connectivity index (χ4v) is 2.57. The van der Waals surface area contributed by atoms with Crippen molar-refractivity contribution in [3.05, 3.63) is 34.8 Å². The molecule has 7 N–H and O–H groups in total. The Morgan fingerprint density at radius 1 is 1.39 bits per heavy atom. The molecule has 1 amide bonds. The van der Waals surface area contributed by atoms with Crippen molar-refractivity contribution in [1.82, 2.24) is 4.98 Å². The molecule has 0 saturated carbocycles. The summed E-state index contributed by atoms with van der Waals surface area (Å²) in [5, 5.41) is 24.1. The number of rotatable bonds is 5. The van der Waals surface area contributed by atoms with E-state index < -0.39 is 5.75 Å². The number of carbonyl (C=O) groups excluding carboxylic acids is 1. The van der Waals surface area contributed by atoms with Crippen molar-refractivity contribution in [2.45, 2.75) is 19.8 Å². The second-order valence-electron chi connectivity index (χ2n) is 4.87. The van der Waals surface area contributed by atoms with E-state index in [4.69, 9.17) is 11.5 Å². The zero-order valence-electron chi connectivity index (χ0n) is 12.5. The highest BCUT2D eigenvalue weighted by Crippen LogP contribution is 2.34. The van der Waals surface area contributed by atoms with Gasteiger partial charge in [0.2, 0.25) is 0 Å². The van der Waals surface area contributed by atoms with Crippen molar-refractivity contribution in [3.8, 4) is 11.5 Å². The van der Waals surface area contributed by atoms with Gasteiger partial charge in [-0.15, -0.1) is 11.3 Å². The summed E-state index contributed by atoms with van der Waals surface area (Å²) in [5.41, 5.74) is 12.6. The van der Waals surface area contributed by atoms with Gasteiger partial charge in [0.15, 0.2) is 16.6 Å². The van der Waals surface area contributed by atoms with Crippen LogP contribution in [0.5, 0.6) is 11.5 Å². The molecule has 1 aromatic heterocycles. The number of nitrogens with zero attached hydrogens (tertiary/aromatic N) is 1. The number of hydrogen-bond donors (Lipinski definition) is 5. The molecular weight excluding hydrogens is 316 g/mol. The van der Waals surface area contributed by atoms with Crippen LogP contribution in [0.25, 0.3) is 5.70 Å². The lowest BCUT2D eigenvalue weighted by Gasteiger charge is -2.13. The van der Waals surface area contributed by atoms with Crippen LogP contribution in [0, 0.1) is 0 Å². The Morgan fingerprint density at radius 3 is 2.70 bits per heavy atom. The molecule has 0 unspecified atom stereocenters. The van der Waals surface area contributed by atoms with E-state index in [1.165, 1.54) is 23.5 Å². The van der Waals surface area contributed by atoms with Gasteiger partial charge in [0.05, 0.1) is 5.69 Å². The Bertz CT molecular complexity index is 718. The zero-order chi connectivity index (χ0) is 17.0. The standard InChI is InChI=1S/C15H18N4O3S/c1-2-3-9(14(22)19-15-18-4-5-23-15)12(17)8-6-10(16)13(21)11(20)7-8/h4-7,20-21H,2-3,16-17H2,1H3,(H,18,19,22)/b12-9-. The van der Waals surface area contributed by atoms with Crippen molar-refractivity contribution in [2.24, 2.45) is 5.73 Å². The molecule has 0 spiro atoms. The third-order valence-corrected chi connectivity index (χ3v) is 3.87. The minimum atomic E-state index is -0.411. The summed E-state index contributed by atoms with van der Waals surface area (Å²) in [6.45, 7) is 1.92. The highest BCUT2D eigenvalue weighted by Gasteiger charge is 2.17. The topological polar surface area (TPSA) is 134 Å². The first kappa shape index (κ1) is 16.6. The molecule has 0 aliphatic heterocycles. The van der Waals surface area contributed by atoms with Crippen LogP contribution in [0.3, 0.4) is 0 Å². The van der Waals surface area contributed by atoms with Gasteiger partial charge in [-0.1, -0.05) is 13.3 Å². The molecule has 0 bridgehead atoms. The van der Waals surface area contributed by atoms with E-state index in [0.29, 0.717) is 29.1 Å². The van der Waals surface area contributed by atoms with Gasteiger partial charge in [0.1, 0.15) is 0 Å². The van der Waals surface area contributed by atoms with Gasteiger partial charge in [-0.05, 0) is 18.6 Å². The summed E-state index contributed by atoms with van der Waals surface area (Å²) in [7, 11) is 0. The average molecular weight is 334 g/mol. The fraction of sp³-hybridized carbons (Fsp3) is 0.200. The Labute approximate surface area is 137 Å². The van der Waals surface area contributed by atoms with Gasteiger partial charge in [-0.3, -0.25) is 10.1 Å². The Hall–Kier alpha value is -2.74. The van der Waals surface area contributed by atoms with Crippen LogP contribution in [-0.4, -0.2) is 21.1 Å². The number of phenols is 2. The molecule has 2 aromatic rings. The maximum Gasteiger partial charge on any atom is 0.255 e. The summed E-state index contributed by atoms with van der Waals surface area (Å²) in [4.78, 5) is 16.4. The number of nitrogen functional groups attached to an aromatic ring is 1. The summed E-state index contributed by atoms with van der Waals surface area (Å²) in [6, 6.07) is 2.68. The minimum Gasteiger partial charge on any atom is -0.504 e. The van der Waals surface area contributed by atoms with Crippen molar-refractivity contribution in [3.63, 3.8) is 0 Å². The minimum absolute atomic E-state index is 0.0147. The number of phenolic OH excluding ortho intramolecular Hbond substituents is 2. The smallest absolute Gasteiger partial charge is 0.255 e. The molecule has 1 aromatic carbocycles. The molecule has 0 atom stereocenters. The monoisotopic (exact) mass is 334 g/mol. The van der Waals surface area contributed by atoms with Crippen LogP contribution in [0.1, 0.15) is 25.3 Å². The summed E-state index contributed by atoms with van der Waals surface area (Å²) >= 11 is 1.30. The molecule has 0 fully saturated rings. The molecule has 0 aliphatic carbocycles. The molecule has 122 valence electrons. The van der Waals surface area contributed by atoms with E-state index in [1.807, 2.05) is 6.92 Å². The number of aromatic nitrogens is 1. The number of anilines is 2. The Kier molecular flexibility index (Phi) is 5.07. The van der Waals surface area contributed by atoms with Crippen LogP contribution in [0.2, 0.25) is 0 Å². The van der Waals surface area contributed by atoms with Crippen LogP contribution in [0.4, 0.5) is 10.8 Å². The van der Waals surface area contributed by atoms with E-state index in [-0.39, 0.29) is 23.0 Å². The lowest BCUT2D eigenvalue weighted by Crippen LogP contribution is -2.18. The summed E-state index contributed by atoms with van der Waals surface area (Å²) in [6.07, 6.45) is 2.75. The SMILES string of the molecule is CCC/C(C(=O)Nc1nccs1)=C(/N)c1cc(N)c(O)c(O)c1. The van der Waals surface area contributed by atoms with Gasteiger partial charge in [0, 0.05) is 28.4 Å². The maximum absolute atomic E-state index is 12.4. The third-order valence-electron chi connectivity index (χ3n) is 3.18. The number of nitrogens with one attached hydrogen (secondary N) is 1. The first-order chi connectivity index (χ1) is 10.9. The molecule has 2 rings (SSSR count). The van der Waals surface area contributed by atoms with Crippen molar-refractivity contribution in [2.75, 3.05) is 11.1 Å². The zero-order valence-corrected chi connectivity index (χ0v) is 13.4. The first-order valence-corrected chi connectivity index (χ1v) is 7.83. The lowest BCUT2D eigenvalue weighted by molar-refractivity contribution is -0.112. The quantitative estimate of drug-likeness (QED) is 0.323. The van der Waals surface area contributed by atoms with E-state index in [2.05, 4.69) is 10.3 Å². The fourth-order valence-electron chi connectivity index (χ4n) is 2.05. The Balaban J connectivity index is 2.40. The summed E-state index contributed by atoms with van der Waals surface area (Å²) in [5.74, 6) is -1.16. The molecule has 0 saturated heterocycles. The van der Waals surface area contributed by atoms with Crippen molar-refractivity contribution < 1.29 is 15.0 Å². The molecule has 23 heavy (non-hydrogen) atoms. The van der Waals surface area contributed by atoms with Crippen LogP contribution in [0.15, 0.2) is 29.3 Å². The number of carbonyl (C=O) groups is 1. The first-order valence-electron chi connectivity index (χ1n) is 6.95. The normalized spacial score (nSPS) is 11.9. The van der Waals surface area contributed by atoms with E-state index in [9.17, 15) is 15.0 Å². The lowest BCUT2D eigenvalue weighted by atomic mass is 10.0. The Morgan fingerprint density at radius 2 is 2.13 bits per heavy atom. The van der Waals surface area contributed by atoms with Gasteiger partial charge in [-0.25, -0.2) is 4.98 Å². The van der Waals surface area contributed by atoms with E-state index in [1.54, 1.807) is 11.6 Å². The number of benzene rings is 1. The number of thiazole rings is 1. The van der Waals surface area contributed by atoms with Gasteiger partial charge in [0.25, 0.3) is 5.91 Å². The predicted octanol–water partition coefficient (Wildman–Crippen LogP) is 2.25. The molecule has 8 heteroatoms. The van der Waals surface area contributed by atoms with Gasteiger partial charge >= 0.3 is 0 Å². The number of amides is 1. The molecule has 0 aliphatic rings. The van der Waals surface area contributed by atoms with Crippen LogP contribution in [-0.2, 0) is 4.79 Å². The largest absolute Gasteiger partial charge is 0.504 e. The number of aromatic hydroxyl groups is 2. The second kappa shape index (κ2) is 7.01. The highest BCUT2D eigenvalue weighted by atomic mass is 32.1. The van der Waals surface area contributed by atoms with E-state index >= 15 is 0 Å².